The normalized spacial score (nSPS) is 10.7. The van der Waals surface area contributed by atoms with E-state index in [-0.39, 0.29) is 5.91 Å². The molecule has 0 spiro atoms. The third kappa shape index (κ3) is 4.65. The van der Waals surface area contributed by atoms with E-state index >= 15 is 0 Å². The van der Waals surface area contributed by atoms with Gasteiger partial charge in [-0.15, -0.1) is 10.2 Å². The van der Waals surface area contributed by atoms with Crippen molar-refractivity contribution in [2.75, 3.05) is 25.5 Å². The van der Waals surface area contributed by atoms with Gasteiger partial charge in [-0.3, -0.25) is 4.79 Å². The molecule has 1 amide bonds. The average Bonchev–Trinajstić information content (AvgIpc) is 2.98. The van der Waals surface area contributed by atoms with Gasteiger partial charge in [-0.1, -0.05) is 11.6 Å². The van der Waals surface area contributed by atoms with Crippen LogP contribution in [0.25, 0.3) is 5.82 Å². The Kier molecular flexibility index (Phi) is 6.33. The highest BCUT2D eigenvalue weighted by atomic mass is 35.5. The minimum atomic E-state index is -0.257. The number of carbonyl (C=O) groups is 1. The number of nitrogens with one attached hydrogen (secondary N) is 2. The Morgan fingerprint density at radius 1 is 1.14 bits per heavy atom. The summed E-state index contributed by atoms with van der Waals surface area (Å²) in [5.41, 5.74) is 3.54. The smallest absolute Gasteiger partial charge is 0.255 e. The molecule has 0 aliphatic heterocycles. The Bertz CT molecular complexity index is 1020. The summed E-state index contributed by atoms with van der Waals surface area (Å²) in [7, 11) is 1.51. The molecule has 8 nitrogen and oxygen atoms in total. The number of halogens is 1. The molecule has 3 aromatic rings. The van der Waals surface area contributed by atoms with Crippen molar-refractivity contribution in [2.24, 2.45) is 0 Å². The third-order valence-electron chi connectivity index (χ3n) is 4.64. The van der Waals surface area contributed by atoms with Crippen molar-refractivity contribution in [2.45, 2.75) is 20.8 Å². The Morgan fingerprint density at radius 2 is 1.93 bits per heavy atom. The number of hydrogen-bond donors (Lipinski definition) is 2. The lowest BCUT2D eigenvalue weighted by Crippen LogP contribution is -2.29. The Balaban J connectivity index is 1.54. The van der Waals surface area contributed by atoms with Gasteiger partial charge in [0.1, 0.15) is 11.6 Å². The number of anilines is 1. The minimum absolute atomic E-state index is 0.257. The van der Waals surface area contributed by atoms with E-state index in [1.54, 1.807) is 22.9 Å². The Hall–Kier alpha value is -3.13. The van der Waals surface area contributed by atoms with Crippen LogP contribution in [0.5, 0.6) is 5.75 Å². The van der Waals surface area contributed by atoms with Gasteiger partial charge in [-0.2, -0.15) is 5.10 Å². The van der Waals surface area contributed by atoms with Gasteiger partial charge in [-0.05, 0) is 56.7 Å². The van der Waals surface area contributed by atoms with E-state index in [2.05, 4.69) is 25.9 Å². The summed E-state index contributed by atoms with van der Waals surface area (Å²) in [6.07, 6.45) is 0. The largest absolute Gasteiger partial charge is 0.496 e. The van der Waals surface area contributed by atoms with Crippen LogP contribution in [0.1, 0.15) is 27.3 Å². The van der Waals surface area contributed by atoms with Crippen LogP contribution in [-0.4, -0.2) is 46.1 Å². The van der Waals surface area contributed by atoms with Crippen LogP contribution in [0.3, 0.4) is 0 Å². The minimum Gasteiger partial charge on any atom is -0.496 e. The van der Waals surface area contributed by atoms with Gasteiger partial charge in [0.25, 0.3) is 5.91 Å². The molecule has 0 aliphatic rings. The van der Waals surface area contributed by atoms with Crippen LogP contribution in [0.4, 0.5) is 5.82 Å². The number of nitrogens with zero attached hydrogens (tertiary/aromatic N) is 4. The molecule has 2 heterocycles. The summed E-state index contributed by atoms with van der Waals surface area (Å²) in [5.74, 6) is 1.49. The predicted molar refractivity (Wildman–Crippen MR) is 112 cm³/mol. The summed E-state index contributed by atoms with van der Waals surface area (Å²) in [6.45, 7) is 6.89. The molecule has 0 unspecified atom stereocenters. The number of aromatic nitrogens is 4. The summed E-state index contributed by atoms with van der Waals surface area (Å²) in [6, 6.07) is 8.60. The van der Waals surface area contributed by atoms with Gasteiger partial charge in [0.05, 0.1) is 18.4 Å². The predicted octanol–water partition coefficient (Wildman–Crippen LogP) is 3.09. The average molecular weight is 415 g/mol. The van der Waals surface area contributed by atoms with Gasteiger partial charge in [0.2, 0.25) is 0 Å². The second-order valence-corrected chi connectivity index (χ2v) is 6.95. The maximum Gasteiger partial charge on any atom is 0.255 e. The number of ether oxygens (including phenoxy) is 1. The first-order valence-corrected chi connectivity index (χ1v) is 9.51. The van der Waals surface area contributed by atoms with Gasteiger partial charge < -0.3 is 15.4 Å². The monoisotopic (exact) mass is 414 g/mol. The van der Waals surface area contributed by atoms with Gasteiger partial charge in [0.15, 0.2) is 5.82 Å². The van der Waals surface area contributed by atoms with E-state index in [1.807, 2.05) is 32.9 Å². The highest BCUT2D eigenvalue weighted by Gasteiger charge is 2.13. The molecule has 0 saturated carbocycles. The molecule has 3 rings (SSSR count). The lowest BCUT2D eigenvalue weighted by Gasteiger charge is -2.10. The number of aryl methyl sites for hydroxylation is 1. The number of rotatable bonds is 7. The molecule has 0 saturated heterocycles. The van der Waals surface area contributed by atoms with Crippen LogP contribution in [0, 0.1) is 20.8 Å². The fraction of sp³-hybridized carbons (Fsp3) is 0.300. The molecule has 0 bridgehead atoms. The molecule has 0 radical (unpaired) electrons. The van der Waals surface area contributed by atoms with E-state index in [9.17, 15) is 4.79 Å². The molecule has 0 fully saturated rings. The van der Waals surface area contributed by atoms with Crippen molar-refractivity contribution in [3.8, 4) is 11.6 Å². The lowest BCUT2D eigenvalue weighted by atomic mass is 10.2. The van der Waals surface area contributed by atoms with E-state index in [1.165, 1.54) is 7.11 Å². The van der Waals surface area contributed by atoms with Crippen LogP contribution in [0.15, 0.2) is 30.3 Å². The molecule has 29 heavy (non-hydrogen) atoms. The number of carbonyl (C=O) groups excluding carboxylic acids is 1. The number of benzene rings is 1. The van der Waals surface area contributed by atoms with Crippen molar-refractivity contribution in [3.63, 3.8) is 0 Å². The zero-order chi connectivity index (χ0) is 21.0. The van der Waals surface area contributed by atoms with Crippen LogP contribution < -0.4 is 15.4 Å². The number of methoxy groups -OCH3 is 1. The Labute approximate surface area is 174 Å². The van der Waals surface area contributed by atoms with Gasteiger partial charge in [-0.25, -0.2) is 4.68 Å². The summed E-state index contributed by atoms with van der Waals surface area (Å²) >= 11 is 5.97. The molecular formula is C20H23ClN6O2. The molecule has 0 atom stereocenters. The maximum absolute atomic E-state index is 12.3. The highest BCUT2D eigenvalue weighted by molar-refractivity contribution is 6.31. The molecule has 152 valence electrons. The molecule has 9 heteroatoms. The second kappa shape index (κ2) is 8.91. The standard InChI is InChI=1S/C20H23ClN6O2/c1-12-13(2)26-27(14(12)3)19-8-7-18(24-25-19)22-9-10-23-20(28)16-11-15(21)5-6-17(16)29-4/h5-8,11H,9-10H2,1-4H3,(H,22,24)(H,23,28). The zero-order valence-corrected chi connectivity index (χ0v) is 17.5. The van der Waals surface area contributed by atoms with Crippen molar-refractivity contribution < 1.29 is 9.53 Å². The van der Waals surface area contributed by atoms with E-state index < -0.39 is 0 Å². The Morgan fingerprint density at radius 3 is 2.55 bits per heavy atom. The first kappa shape index (κ1) is 20.6. The van der Waals surface area contributed by atoms with Crippen molar-refractivity contribution in [1.29, 1.82) is 0 Å². The fourth-order valence-corrected chi connectivity index (χ4v) is 2.97. The molecule has 2 aromatic heterocycles. The molecule has 0 aliphatic carbocycles. The van der Waals surface area contributed by atoms with Crippen molar-refractivity contribution in [1.82, 2.24) is 25.3 Å². The van der Waals surface area contributed by atoms with Crippen molar-refractivity contribution in [3.05, 3.63) is 57.9 Å². The third-order valence-corrected chi connectivity index (χ3v) is 4.88. The first-order chi connectivity index (χ1) is 13.9. The number of amides is 1. The van der Waals surface area contributed by atoms with Crippen LogP contribution in [-0.2, 0) is 0 Å². The maximum atomic E-state index is 12.3. The van der Waals surface area contributed by atoms with E-state index in [0.29, 0.717) is 41.1 Å². The zero-order valence-electron chi connectivity index (χ0n) is 16.8. The topological polar surface area (TPSA) is 94.0 Å². The van der Waals surface area contributed by atoms with Gasteiger partial charge in [0, 0.05) is 23.8 Å². The van der Waals surface area contributed by atoms with Crippen molar-refractivity contribution >= 4 is 23.3 Å². The highest BCUT2D eigenvalue weighted by Crippen LogP contribution is 2.22. The van der Waals surface area contributed by atoms with Crippen LogP contribution in [0.2, 0.25) is 5.02 Å². The first-order valence-electron chi connectivity index (χ1n) is 9.13. The molecule has 1 aromatic carbocycles. The molecule has 2 N–H and O–H groups in total. The molecular weight excluding hydrogens is 392 g/mol. The lowest BCUT2D eigenvalue weighted by molar-refractivity contribution is 0.0952. The summed E-state index contributed by atoms with van der Waals surface area (Å²) < 4.78 is 6.98. The fourth-order valence-electron chi connectivity index (χ4n) is 2.80. The number of hydrogen-bond acceptors (Lipinski definition) is 6. The van der Waals surface area contributed by atoms with E-state index in [4.69, 9.17) is 16.3 Å². The second-order valence-electron chi connectivity index (χ2n) is 6.51. The summed E-state index contributed by atoms with van der Waals surface area (Å²) in [4.78, 5) is 12.3. The quantitative estimate of drug-likeness (QED) is 0.577. The summed E-state index contributed by atoms with van der Waals surface area (Å²) in [5, 5.41) is 19.3. The van der Waals surface area contributed by atoms with E-state index in [0.717, 1.165) is 17.0 Å². The SMILES string of the molecule is COc1ccc(Cl)cc1C(=O)NCCNc1ccc(-n2nc(C)c(C)c2C)nn1. The van der Waals surface area contributed by atoms with Crippen LogP contribution >= 0.6 is 11.6 Å². The van der Waals surface area contributed by atoms with Gasteiger partial charge >= 0.3 is 0 Å².